The van der Waals surface area contributed by atoms with Crippen molar-refractivity contribution in [3.05, 3.63) is 47.0 Å². The lowest BCUT2D eigenvalue weighted by atomic mass is 9.85. The maximum absolute atomic E-state index is 10.3. The van der Waals surface area contributed by atoms with Gasteiger partial charge in [0, 0.05) is 22.8 Å². The van der Waals surface area contributed by atoms with Gasteiger partial charge < -0.3 is 19.7 Å². The average molecular weight is 354 g/mol. The molecule has 0 radical (unpaired) electrons. The first kappa shape index (κ1) is 17.8. The molecule has 0 aromatic heterocycles. The summed E-state index contributed by atoms with van der Waals surface area (Å²) in [6, 6.07) is 8.54. The number of hydrogen-bond acceptors (Lipinski definition) is 6. The van der Waals surface area contributed by atoms with Crippen LogP contribution in [0.2, 0.25) is 0 Å². The fourth-order valence-electron chi connectivity index (χ4n) is 3.27. The van der Waals surface area contributed by atoms with Gasteiger partial charge in [-0.25, -0.2) is 0 Å². The van der Waals surface area contributed by atoms with Crippen molar-refractivity contribution in [1.82, 2.24) is 0 Å². The van der Waals surface area contributed by atoms with Crippen LogP contribution in [0.3, 0.4) is 0 Å². The molecule has 1 unspecified atom stereocenters. The third kappa shape index (κ3) is 2.98. The molecule has 1 aliphatic heterocycles. The van der Waals surface area contributed by atoms with E-state index in [1.165, 1.54) is 14.2 Å². The second-order valence-electron chi connectivity index (χ2n) is 6.15. The molecule has 0 spiro atoms. The number of phenols is 2. The average Bonchev–Trinajstić information content (AvgIpc) is 2.77. The molecule has 1 aliphatic rings. The Hall–Kier alpha value is -3.02. The summed E-state index contributed by atoms with van der Waals surface area (Å²) in [5, 5.41) is 29.0. The second-order valence-corrected chi connectivity index (χ2v) is 6.15. The number of aromatic hydroxyl groups is 2. The van der Waals surface area contributed by atoms with E-state index in [0.29, 0.717) is 17.2 Å². The number of ether oxygens (including phenoxy) is 2. The van der Waals surface area contributed by atoms with Crippen LogP contribution in [0.15, 0.2) is 40.5 Å². The predicted octanol–water partition coefficient (Wildman–Crippen LogP) is 3.84. The predicted molar refractivity (Wildman–Crippen MR) is 101 cm³/mol. The zero-order valence-electron chi connectivity index (χ0n) is 15.3. The fraction of sp³-hybridized carbons (Fsp3) is 0.300. The number of hydrogen-bond donors (Lipinski definition) is 2. The summed E-state index contributed by atoms with van der Waals surface area (Å²) in [5.41, 5.74) is 4.03. The Labute approximate surface area is 152 Å². The van der Waals surface area contributed by atoms with Gasteiger partial charge in [-0.05, 0) is 49.2 Å². The van der Waals surface area contributed by atoms with E-state index in [1.54, 1.807) is 30.3 Å². The zero-order chi connectivity index (χ0) is 18.8. The van der Waals surface area contributed by atoms with Crippen LogP contribution < -0.4 is 9.47 Å². The van der Waals surface area contributed by atoms with Crippen LogP contribution in [0.5, 0.6) is 23.0 Å². The van der Waals surface area contributed by atoms with Gasteiger partial charge in [0.15, 0.2) is 23.0 Å². The van der Waals surface area contributed by atoms with Crippen molar-refractivity contribution in [1.29, 1.82) is 0 Å². The molecule has 3 rings (SSSR count). The number of benzene rings is 2. The van der Waals surface area contributed by atoms with E-state index >= 15 is 0 Å². The topological polar surface area (TPSA) is 83.6 Å². The molecule has 26 heavy (non-hydrogen) atoms. The minimum Gasteiger partial charge on any atom is -0.504 e. The van der Waals surface area contributed by atoms with Crippen molar-refractivity contribution in [2.24, 2.45) is 10.2 Å². The number of nitrogens with zero attached hydrogens (tertiary/aromatic N) is 2. The molecule has 0 saturated carbocycles. The quantitative estimate of drug-likeness (QED) is 0.874. The number of fused-ring (bicyclic) bond motifs is 1. The Morgan fingerprint density at radius 2 is 1.65 bits per heavy atom. The van der Waals surface area contributed by atoms with Crippen molar-refractivity contribution in [2.75, 3.05) is 14.2 Å². The molecule has 0 amide bonds. The first-order valence-corrected chi connectivity index (χ1v) is 8.40. The molecule has 0 bridgehead atoms. The van der Waals surface area contributed by atoms with Crippen molar-refractivity contribution in [2.45, 2.75) is 26.2 Å². The first-order chi connectivity index (χ1) is 12.5. The molecule has 2 aromatic rings. The van der Waals surface area contributed by atoms with Crippen LogP contribution in [-0.2, 0) is 0 Å². The third-order valence-corrected chi connectivity index (χ3v) is 4.65. The van der Waals surface area contributed by atoms with Crippen molar-refractivity contribution >= 4 is 11.4 Å². The highest BCUT2D eigenvalue weighted by Crippen LogP contribution is 2.38. The lowest BCUT2D eigenvalue weighted by molar-refractivity contribution is 0.373. The Kier molecular flexibility index (Phi) is 4.84. The summed E-state index contributed by atoms with van der Waals surface area (Å²) in [6.45, 7) is 4.01. The van der Waals surface area contributed by atoms with Crippen LogP contribution in [0, 0.1) is 0 Å². The van der Waals surface area contributed by atoms with Gasteiger partial charge in [-0.1, -0.05) is 6.92 Å². The van der Waals surface area contributed by atoms with Crippen LogP contribution in [-0.4, -0.2) is 35.9 Å². The normalized spacial score (nSPS) is 16.2. The van der Waals surface area contributed by atoms with Crippen LogP contribution in [0.1, 0.15) is 42.9 Å². The van der Waals surface area contributed by atoms with Crippen LogP contribution >= 0.6 is 0 Å². The minimum atomic E-state index is 0.0436. The molecule has 2 N–H and O–H groups in total. The van der Waals surface area contributed by atoms with Crippen molar-refractivity contribution < 1.29 is 19.7 Å². The summed E-state index contributed by atoms with van der Waals surface area (Å²) >= 11 is 0. The lowest BCUT2D eigenvalue weighted by Crippen LogP contribution is -2.12. The molecule has 1 atom stereocenters. The third-order valence-electron chi connectivity index (χ3n) is 4.65. The van der Waals surface area contributed by atoms with E-state index < -0.39 is 0 Å². The molecule has 1 heterocycles. The highest BCUT2D eigenvalue weighted by molar-refractivity contribution is 6.16. The van der Waals surface area contributed by atoms with E-state index in [9.17, 15) is 10.2 Å². The van der Waals surface area contributed by atoms with Gasteiger partial charge in [0.05, 0.1) is 14.2 Å². The summed E-state index contributed by atoms with van der Waals surface area (Å²) in [4.78, 5) is 0. The molecule has 0 aliphatic carbocycles. The van der Waals surface area contributed by atoms with E-state index in [0.717, 1.165) is 28.8 Å². The zero-order valence-corrected chi connectivity index (χ0v) is 15.3. The van der Waals surface area contributed by atoms with Crippen LogP contribution in [0.25, 0.3) is 0 Å². The monoisotopic (exact) mass is 354 g/mol. The Morgan fingerprint density at radius 3 is 2.31 bits per heavy atom. The van der Waals surface area contributed by atoms with Gasteiger partial charge >= 0.3 is 0 Å². The standard InChI is InChI=1S/C20H22N2O4/c1-5-13-11(2)21-22-20(12-6-7-16(23)18(8-12)25-3)15-10-19(26-4)17(24)9-14(13)15/h6-10,13,23-24H,5H2,1-4H3. The molecular formula is C20H22N2O4. The summed E-state index contributed by atoms with van der Waals surface area (Å²) in [7, 11) is 3.01. The SMILES string of the molecule is CCC1C(C)=NN=C(c2ccc(O)c(OC)c2)c2cc(OC)c(O)cc21. The Balaban J connectivity index is 2.26. The van der Waals surface area contributed by atoms with Gasteiger partial charge in [0.2, 0.25) is 0 Å². The van der Waals surface area contributed by atoms with E-state index in [-0.39, 0.29) is 17.4 Å². The molecular weight excluding hydrogens is 332 g/mol. The summed E-state index contributed by atoms with van der Waals surface area (Å²) in [5.74, 6) is 0.912. The molecule has 136 valence electrons. The highest BCUT2D eigenvalue weighted by Gasteiger charge is 2.26. The number of phenolic OH excluding ortho intramolecular Hbond substituents is 2. The molecule has 6 nitrogen and oxygen atoms in total. The van der Waals surface area contributed by atoms with Crippen LogP contribution in [0.4, 0.5) is 0 Å². The van der Waals surface area contributed by atoms with E-state index in [2.05, 4.69) is 17.1 Å². The van der Waals surface area contributed by atoms with Gasteiger partial charge in [0.1, 0.15) is 5.71 Å². The number of methoxy groups -OCH3 is 2. The molecule has 0 saturated heterocycles. The number of rotatable bonds is 4. The fourth-order valence-corrected chi connectivity index (χ4v) is 3.27. The van der Waals surface area contributed by atoms with E-state index in [4.69, 9.17) is 9.47 Å². The largest absolute Gasteiger partial charge is 0.504 e. The first-order valence-electron chi connectivity index (χ1n) is 8.40. The minimum absolute atomic E-state index is 0.0436. The van der Waals surface area contributed by atoms with Gasteiger partial charge in [-0.2, -0.15) is 5.10 Å². The van der Waals surface area contributed by atoms with Gasteiger partial charge in [0.25, 0.3) is 0 Å². The summed E-state index contributed by atoms with van der Waals surface area (Å²) < 4.78 is 10.5. The smallest absolute Gasteiger partial charge is 0.161 e. The molecule has 2 aromatic carbocycles. The van der Waals surface area contributed by atoms with E-state index in [1.807, 2.05) is 6.92 Å². The van der Waals surface area contributed by atoms with Gasteiger partial charge in [-0.3, -0.25) is 0 Å². The Bertz CT molecular complexity index is 903. The Morgan fingerprint density at radius 1 is 0.962 bits per heavy atom. The molecule has 6 heteroatoms. The van der Waals surface area contributed by atoms with Crippen molar-refractivity contribution in [3.8, 4) is 23.0 Å². The second kappa shape index (κ2) is 7.07. The van der Waals surface area contributed by atoms with Gasteiger partial charge in [-0.15, -0.1) is 5.10 Å². The maximum Gasteiger partial charge on any atom is 0.161 e. The summed E-state index contributed by atoms with van der Waals surface area (Å²) in [6.07, 6.45) is 0.829. The molecule has 0 fully saturated rings. The maximum atomic E-state index is 10.3. The lowest BCUT2D eigenvalue weighted by Gasteiger charge is -2.19. The highest BCUT2D eigenvalue weighted by atomic mass is 16.5. The van der Waals surface area contributed by atoms with Crippen molar-refractivity contribution in [3.63, 3.8) is 0 Å².